The number of benzene rings is 1. The molecule has 0 bridgehead atoms. The molecule has 0 aromatic heterocycles. The van der Waals surface area contributed by atoms with Crippen molar-refractivity contribution in [3.8, 4) is 0 Å². The van der Waals surface area contributed by atoms with Gasteiger partial charge in [0.15, 0.2) is 0 Å². The molecule has 1 saturated carbocycles. The smallest absolute Gasteiger partial charge is 0.308 e. The average molecular weight is 255 g/mol. The van der Waals surface area contributed by atoms with Crippen LogP contribution in [0, 0.1) is 12.8 Å². The third-order valence-corrected chi connectivity index (χ3v) is 3.88. The zero-order valence-electron chi connectivity index (χ0n) is 9.87. The van der Waals surface area contributed by atoms with Gasteiger partial charge >= 0.3 is 5.97 Å². The van der Waals surface area contributed by atoms with Gasteiger partial charge in [-0.1, -0.05) is 23.7 Å². The molecular formula is C13H15ClO3. The Balaban J connectivity index is 2.20. The van der Waals surface area contributed by atoms with E-state index in [2.05, 4.69) is 4.74 Å². The Hall–Kier alpha value is -1.06. The highest BCUT2D eigenvalue weighted by molar-refractivity contribution is 6.31. The molecule has 1 aromatic carbocycles. The van der Waals surface area contributed by atoms with Crippen LogP contribution in [0.1, 0.15) is 24.0 Å². The molecule has 1 aromatic rings. The number of hydrogen-bond donors (Lipinski definition) is 1. The van der Waals surface area contributed by atoms with Gasteiger partial charge in [-0.15, -0.1) is 0 Å². The summed E-state index contributed by atoms with van der Waals surface area (Å²) in [6, 6.07) is 5.46. The van der Waals surface area contributed by atoms with Crippen molar-refractivity contribution in [2.24, 2.45) is 5.92 Å². The van der Waals surface area contributed by atoms with Crippen LogP contribution < -0.4 is 0 Å². The van der Waals surface area contributed by atoms with Gasteiger partial charge in [-0.3, -0.25) is 4.79 Å². The van der Waals surface area contributed by atoms with E-state index in [4.69, 9.17) is 11.6 Å². The number of methoxy groups -OCH3 is 1. The lowest BCUT2D eigenvalue weighted by Crippen LogP contribution is -2.45. The molecule has 92 valence electrons. The number of ether oxygens (including phenoxy) is 1. The molecule has 2 rings (SSSR count). The Labute approximate surface area is 105 Å². The first-order valence-electron chi connectivity index (χ1n) is 5.54. The Bertz CT molecular complexity index is 450. The second kappa shape index (κ2) is 4.31. The minimum absolute atomic E-state index is 0.205. The summed E-state index contributed by atoms with van der Waals surface area (Å²) in [4.78, 5) is 11.3. The normalized spacial score (nSPS) is 27.4. The van der Waals surface area contributed by atoms with Gasteiger partial charge < -0.3 is 9.84 Å². The van der Waals surface area contributed by atoms with Crippen molar-refractivity contribution < 1.29 is 14.6 Å². The molecule has 0 atom stereocenters. The third kappa shape index (κ3) is 2.05. The number of aliphatic hydroxyl groups is 1. The maximum absolute atomic E-state index is 11.3. The van der Waals surface area contributed by atoms with E-state index in [-0.39, 0.29) is 11.9 Å². The van der Waals surface area contributed by atoms with Crippen LogP contribution in [-0.4, -0.2) is 18.2 Å². The van der Waals surface area contributed by atoms with Crippen molar-refractivity contribution >= 4 is 17.6 Å². The number of rotatable bonds is 2. The Morgan fingerprint density at radius 2 is 2.18 bits per heavy atom. The summed E-state index contributed by atoms with van der Waals surface area (Å²) in [6.45, 7) is 1.88. The molecule has 1 aliphatic carbocycles. The summed E-state index contributed by atoms with van der Waals surface area (Å²) < 4.78 is 4.66. The van der Waals surface area contributed by atoms with Gasteiger partial charge in [0.25, 0.3) is 0 Å². The zero-order chi connectivity index (χ0) is 12.6. The second-order valence-corrected chi connectivity index (χ2v) is 4.98. The highest BCUT2D eigenvalue weighted by Gasteiger charge is 2.48. The van der Waals surface area contributed by atoms with Crippen molar-refractivity contribution in [2.45, 2.75) is 25.4 Å². The molecule has 0 aliphatic heterocycles. The summed E-state index contributed by atoms with van der Waals surface area (Å²) in [7, 11) is 1.37. The number of halogens is 1. The van der Waals surface area contributed by atoms with Crippen molar-refractivity contribution in [3.05, 3.63) is 34.3 Å². The topological polar surface area (TPSA) is 46.5 Å². The SMILES string of the molecule is COC(=O)C1CC(O)(c2cccc(Cl)c2C)C1. The van der Waals surface area contributed by atoms with E-state index in [0.717, 1.165) is 11.1 Å². The van der Waals surface area contributed by atoms with Crippen LogP contribution in [0.15, 0.2) is 18.2 Å². The van der Waals surface area contributed by atoms with E-state index in [9.17, 15) is 9.90 Å². The van der Waals surface area contributed by atoms with Crippen molar-refractivity contribution in [1.82, 2.24) is 0 Å². The fraction of sp³-hybridized carbons (Fsp3) is 0.462. The van der Waals surface area contributed by atoms with Crippen LogP contribution in [0.5, 0.6) is 0 Å². The fourth-order valence-electron chi connectivity index (χ4n) is 2.42. The summed E-state index contributed by atoms with van der Waals surface area (Å²) in [6.07, 6.45) is 0.807. The van der Waals surface area contributed by atoms with Crippen LogP contribution in [-0.2, 0) is 15.1 Å². The molecule has 1 fully saturated rings. The van der Waals surface area contributed by atoms with E-state index in [1.54, 1.807) is 6.07 Å². The lowest BCUT2D eigenvalue weighted by Gasteiger charge is -2.43. The minimum atomic E-state index is -0.937. The van der Waals surface area contributed by atoms with Gasteiger partial charge in [0.2, 0.25) is 0 Å². The first-order chi connectivity index (χ1) is 7.98. The van der Waals surface area contributed by atoms with Crippen LogP contribution in [0.4, 0.5) is 0 Å². The van der Waals surface area contributed by atoms with Crippen LogP contribution in [0.3, 0.4) is 0 Å². The first kappa shape index (κ1) is 12.4. The molecule has 0 amide bonds. The molecule has 0 heterocycles. The lowest BCUT2D eigenvalue weighted by atomic mass is 9.66. The minimum Gasteiger partial charge on any atom is -0.469 e. The number of carbonyl (C=O) groups is 1. The Morgan fingerprint density at radius 1 is 1.53 bits per heavy atom. The van der Waals surface area contributed by atoms with Gasteiger partial charge in [0.1, 0.15) is 0 Å². The standard InChI is InChI=1S/C13H15ClO3/c1-8-10(4-3-5-11(8)14)13(16)6-9(7-13)12(15)17-2/h3-5,9,16H,6-7H2,1-2H3. The van der Waals surface area contributed by atoms with Crippen molar-refractivity contribution in [3.63, 3.8) is 0 Å². The van der Waals surface area contributed by atoms with Crippen molar-refractivity contribution in [2.75, 3.05) is 7.11 Å². The van der Waals surface area contributed by atoms with E-state index in [1.165, 1.54) is 7.11 Å². The van der Waals surface area contributed by atoms with E-state index >= 15 is 0 Å². The largest absolute Gasteiger partial charge is 0.469 e. The molecule has 0 unspecified atom stereocenters. The van der Waals surface area contributed by atoms with Crippen molar-refractivity contribution in [1.29, 1.82) is 0 Å². The first-order valence-corrected chi connectivity index (χ1v) is 5.91. The second-order valence-electron chi connectivity index (χ2n) is 4.57. The van der Waals surface area contributed by atoms with Gasteiger partial charge in [0.05, 0.1) is 18.6 Å². The van der Waals surface area contributed by atoms with E-state index in [0.29, 0.717) is 17.9 Å². The Kier molecular flexibility index (Phi) is 3.15. The van der Waals surface area contributed by atoms with E-state index < -0.39 is 5.60 Å². The molecular weight excluding hydrogens is 240 g/mol. The Morgan fingerprint density at radius 3 is 2.76 bits per heavy atom. The van der Waals surface area contributed by atoms with Crippen LogP contribution >= 0.6 is 11.6 Å². The monoisotopic (exact) mass is 254 g/mol. The zero-order valence-corrected chi connectivity index (χ0v) is 10.6. The maximum atomic E-state index is 11.3. The molecule has 0 radical (unpaired) electrons. The fourth-order valence-corrected chi connectivity index (χ4v) is 2.59. The highest BCUT2D eigenvalue weighted by Crippen LogP contribution is 2.47. The molecule has 1 N–H and O–H groups in total. The third-order valence-electron chi connectivity index (χ3n) is 3.47. The predicted molar refractivity (Wildman–Crippen MR) is 64.8 cm³/mol. The van der Waals surface area contributed by atoms with Gasteiger partial charge in [-0.25, -0.2) is 0 Å². The molecule has 1 aliphatic rings. The highest BCUT2D eigenvalue weighted by atomic mass is 35.5. The quantitative estimate of drug-likeness (QED) is 0.825. The molecule has 0 spiro atoms. The average Bonchev–Trinajstić information content (AvgIpc) is 2.27. The summed E-state index contributed by atoms with van der Waals surface area (Å²) >= 11 is 6.02. The maximum Gasteiger partial charge on any atom is 0.308 e. The van der Waals surface area contributed by atoms with Gasteiger partial charge in [-0.05, 0) is 37.0 Å². The lowest BCUT2D eigenvalue weighted by molar-refractivity contribution is -0.163. The number of hydrogen-bond acceptors (Lipinski definition) is 3. The molecule has 3 nitrogen and oxygen atoms in total. The van der Waals surface area contributed by atoms with Gasteiger partial charge in [0, 0.05) is 5.02 Å². The van der Waals surface area contributed by atoms with E-state index in [1.807, 2.05) is 19.1 Å². The summed E-state index contributed by atoms with van der Waals surface area (Å²) in [5.41, 5.74) is 0.749. The van der Waals surface area contributed by atoms with Crippen LogP contribution in [0.25, 0.3) is 0 Å². The molecule has 0 saturated heterocycles. The number of carbonyl (C=O) groups excluding carboxylic acids is 1. The summed E-state index contributed by atoms with van der Waals surface area (Å²) in [5.74, 6) is -0.460. The predicted octanol–water partition coefficient (Wildman–Crippen LogP) is 2.42. The van der Waals surface area contributed by atoms with Crippen LogP contribution in [0.2, 0.25) is 5.02 Å². The number of esters is 1. The van der Waals surface area contributed by atoms with Gasteiger partial charge in [-0.2, -0.15) is 0 Å². The molecule has 17 heavy (non-hydrogen) atoms. The molecule has 4 heteroatoms. The summed E-state index contributed by atoms with van der Waals surface area (Å²) in [5, 5.41) is 11.1.